The van der Waals surface area contributed by atoms with Crippen molar-refractivity contribution in [2.24, 2.45) is 5.73 Å². The highest BCUT2D eigenvalue weighted by atomic mass is 35.5. The molecule has 0 spiro atoms. The first kappa shape index (κ1) is 15.7. The first-order valence-corrected chi connectivity index (χ1v) is 7.80. The van der Waals surface area contributed by atoms with E-state index in [2.05, 4.69) is 26.8 Å². The Kier molecular flexibility index (Phi) is 4.36. The van der Waals surface area contributed by atoms with E-state index in [1.54, 1.807) is 7.11 Å². The Hall–Kier alpha value is -0.730. The summed E-state index contributed by atoms with van der Waals surface area (Å²) < 4.78 is 5.78. The maximum absolute atomic E-state index is 6.39. The summed E-state index contributed by atoms with van der Waals surface area (Å²) in [5, 5.41) is 0.783. The first-order valence-electron chi connectivity index (χ1n) is 7.42. The predicted octanol–water partition coefficient (Wildman–Crippen LogP) is 4.42. The summed E-state index contributed by atoms with van der Waals surface area (Å²) in [6.45, 7) is 7.23. The normalized spacial score (nSPS) is 18.3. The summed E-state index contributed by atoms with van der Waals surface area (Å²) in [7, 11) is 1.75. The number of ether oxygens (including phenoxy) is 1. The third-order valence-electron chi connectivity index (χ3n) is 4.59. The van der Waals surface area contributed by atoms with Crippen LogP contribution in [0.25, 0.3) is 0 Å². The molecule has 112 valence electrons. The summed E-state index contributed by atoms with van der Waals surface area (Å²) in [5.74, 6) is 0.981. The Morgan fingerprint density at radius 2 is 1.85 bits per heavy atom. The van der Waals surface area contributed by atoms with Gasteiger partial charge in [0, 0.05) is 28.1 Å². The van der Waals surface area contributed by atoms with Gasteiger partial charge in [-0.3, -0.25) is 0 Å². The van der Waals surface area contributed by atoms with Gasteiger partial charge in [-0.15, -0.1) is 0 Å². The molecule has 0 amide bonds. The minimum Gasteiger partial charge on any atom is -0.496 e. The van der Waals surface area contributed by atoms with Crippen LogP contribution >= 0.6 is 11.6 Å². The Balaban J connectivity index is 2.66. The van der Waals surface area contributed by atoms with E-state index in [-0.39, 0.29) is 10.8 Å². The van der Waals surface area contributed by atoms with Crippen molar-refractivity contribution in [1.29, 1.82) is 0 Å². The van der Waals surface area contributed by atoms with Gasteiger partial charge in [-0.2, -0.15) is 0 Å². The number of rotatable bonds is 3. The third-order valence-corrected chi connectivity index (χ3v) is 4.81. The lowest BCUT2D eigenvalue weighted by atomic mass is 9.75. The lowest BCUT2D eigenvalue weighted by Gasteiger charge is -2.33. The molecule has 0 saturated heterocycles. The molecule has 1 aromatic rings. The summed E-state index contributed by atoms with van der Waals surface area (Å²) in [5.41, 5.74) is 8.55. The van der Waals surface area contributed by atoms with Crippen molar-refractivity contribution in [3.63, 3.8) is 0 Å². The maximum Gasteiger partial charge on any atom is 0.126 e. The smallest absolute Gasteiger partial charge is 0.126 e. The highest BCUT2D eigenvalue weighted by molar-refractivity contribution is 6.30. The number of nitrogens with two attached hydrogens (primary N) is 1. The van der Waals surface area contributed by atoms with E-state index in [0.717, 1.165) is 23.6 Å². The molecule has 0 radical (unpaired) electrons. The van der Waals surface area contributed by atoms with Gasteiger partial charge in [0.15, 0.2) is 0 Å². The zero-order chi connectivity index (χ0) is 15.0. The van der Waals surface area contributed by atoms with E-state index < -0.39 is 0 Å². The molecular formula is C17H26ClNO. The van der Waals surface area contributed by atoms with E-state index in [9.17, 15) is 0 Å². The fraction of sp³-hybridized carbons (Fsp3) is 0.647. The van der Waals surface area contributed by atoms with Crippen molar-refractivity contribution in [2.75, 3.05) is 13.7 Å². The largest absolute Gasteiger partial charge is 0.496 e. The zero-order valence-corrected chi connectivity index (χ0v) is 13.8. The highest BCUT2D eigenvalue weighted by Gasteiger charge is 2.38. The average molecular weight is 296 g/mol. The van der Waals surface area contributed by atoms with Gasteiger partial charge in [-0.1, -0.05) is 45.2 Å². The van der Waals surface area contributed by atoms with Crippen LogP contribution in [0.1, 0.15) is 57.6 Å². The summed E-state index contributed by atoms with van der Waals surface area (Å²) in [6.07, 6.45) is 4.73. The van der Waals surface area contributed by atoms with Crippen LogP contribution in [0, 0.1) is 0 Å². The van der Waals surface area contributed by atoms with E-state index in [0.29, 0.717) is 6.54 Å². The lowest BCUT2D eigenvalue weighted by Crippen LogP contribution is -2.33. The third kappa shape index (κ3) is 2.68. The molecule has 1 fully saturated rings. The highest BCUT2D eigenvalue weighted by Crippen LogP contribution is 2.48. The number of hydrogen-bond donors (Lipinski definition) is 1. The summed E-state index contributed by atoms with van der Waals surface area (Å²) in [6, 6.07) is 4.09. The van der Waals surface area contributed by atoms with Crippen LogP contribution < -0.4 is 10.5 Å². The zero-order valence-electron chi connectivity index (χ0n) is 13.1. The van der Waals surface area contributed by atoms with E-state index in [1.807, 2.05) is 6.07 Å². The molecule has 0 aliphatic heterocycles. The second kappa shape index (κ2) is 5.57. The van der Waals surface area contributed by atoms with Gasteiger partial charge in [0.1, 0.15) is 5.75 Å². The predicted molar refractivity (Wildman–Crippen MR) is 85.9 cm³/mol. The van der Waals surface area contributed by atoms with Crippen LogP contribution in [-0.4, -0.2) is 13.7 Å². The Morgan fingerprint density at radius 3 is 2.30 bits per heavy atom. The molecule has 1 aliphatic carbocycles. The van der Waals surface area contributed by atoms with Gasteiger partial charge >= 0.3 is 0 Å². The van der Waals surface area contributed by atoms with Crippen LogP contribution in [0.4, 0.5) is 0 Å². The van der Waals surface area contributed by atoms with E-state index in [4.69, 9.17) is 22.1 Å². The minimum atomic E-state index is -0.000609. The van der Waals surface area contributed by atoms with E-state index >= 15 is 0 Å². The molecule has 1 aliphatic rings. The molecule has 2 nitrogen and oxygen atoms in total. The van der Waals surface area contributed by atoms with Crippen LogP contribution in [0.2, 0.25) is 5.02 Å². The molecule has 0 aromatic heterocycles. The van der Waals surface area contributed by atoms with Gasteiger partial charge in [0.2, 0.25) is 0 Å². The molecule has 2 rings (SSSR count). The molecular weight excluding hydrogens is 270 g/mol. The minimum absolute atomic E-state index is 0.000609. The summed E-state index contributed by atoms with van der Waals surface area (Å²) >= 11 is 6.39. The Labute approximate surface area is 127 Å². The molecule has 0 unspecified atom stereocenters. The van der Waals surface area contributed by atoms with Crippen molar-refractivity contribution in [3.05, 3.63) is 28.3 Å². The monoisotopic (exact) mass is 295 g/mol. The quantitative estimate of drug-likeness (QED) is 0.896. The number of methoxy groups -OCH3 is 1. The molecule has 20 heavy (non-hydrogen) atoms. The van der Waals surface area contributed by atoms with Crippen molar-refractivity contribution in [2.45, 2.75) is 57.3 Å². The van der Waals surface area contributed by atoms with Crippen molar-refractivity contribution >= 4 is 11.6 Å². The van der Waals surface area contributed by atoms with Gasteiger partial charge in [0.05, 0.1) is 7.11 Å². The summed E-state index contributed by atoms with van der Waals surface area (Å²) in [4.78, 5) is 0. The molecule has 3 heteroatoms. The van der Waals surface area contributed by atoms with Crippen LogP contribution in [0.15, 0.2) is 12.1 Å². The second-order valence-corrected chi connectivity index (χ2v) is 7.41. The van der Waals surface area contributed by atoms with Gasteiger partial charge in [-0.05, 0) is 30.4 Å². The first-order chi connectivity index (χ1) is 9.34. The van der Waals surface area contributed by atoms with Crippen molar-refractivity contribution in [1.82, 2.24) is 0 Å². The van der Waals surface area contributed by atoms with Gasteiger partial charge in [0.25, 0.3) is 0 Å². The fourth-order valence-electron chi connectivity index (χ4n) is 3.40. The van der Waals surface area contributed by atoms with E-state index in [1.165, 1.54) is 24.0 Å². The van der Waals surface area contributed by atoms with Gasteiger partial charge < -0.3 is 10.5 Å². The molecule has 2 N–H and O–H groups in total. The average Bonchev–Trinajstić information content (AvgIpc) is 2.86. The molecule has 0 atom stereocenters. The fourth-order valence-corrected chi connectivity index (χ4v) is 3.62. The Bertz CT molecular complexity index is 484. The van der Waals surface area contributed by atoms with Crippen LogP contribution in [-0.2, 0) is 10.8 Å². The standard InChI is InChI=1S/C17H26ClNO/c1-16(2,3)13-9-12(18)10-14(15(13)20-4)17(11-19)7-5-6-8-17/h9-10H,5-8,11,19H2,1-4H3. The number of hydrogen-bond acceptors (Lipinski definition) is 2. The van der Waals surface area contributed by atoms with Gasteiger partial charge in [-0.25, -0.2) is 0 Å². The topological polar surface area (TPSA) is 35.2 Å². The van der Waals surface area contributed by atoms with Crippen molar-refractivity contribution in [3.8, 4) is 5.75 Å². The molecule has 1 saturated carbocycles. The van der Waals surface area contributed by atoms with Crippen molar-refractivity contribution < 1.29 is 4.74 Å². The maximum atomic E-state index is 6.39. The second-order valence-electron chi connectivity index (χ2n) is 6.98. The molecule has 0 bridgehead atoms. The van der Waals surface area contributed by atoms with Crippen LogP contribution in [0.3, 0.4) is 0 Å². The van der Waals surface area contributed by atoms with Crippen LogP contribution in [0.5, 0.6) is 5.75 Å². The lowest BCUT2D eigenvalue weighted by molar-refractivity contribution is 0.365. The molecule has 0 heterocycles. The Morgan fingerprint density at radius 1 is 1.25 bits per heavy atom. The SMILES string of the molecule is COc1c(C(C)(C)C)cc(Cl)cc1C1(CN)CCCC1. The number of benzene rings is 1. The molecule has 1 aromatic carbocycles. The number of halogens is 1.